The van der Waals surface area contributed by atoms with E-state index in [9.17, 15) is 4.79 Å². The molecule has 0 fully saturated rings. The minimum absolute atomic E-state index is 0.126. The number of anilines is 1. The fourth-order valence-corrected chi connectivity index (χ4v) is 3.10. The van der Waals surface area contributed by atoms with Gasteiger partial charge >= 0.3 is 0 Å². The largest absolute Gasteiger partial charge is 0.377 e. The number of rotatable bonds is 5. The molecule has 23 heavy (non-hydrogen) atoms. The molecule has 0 saturated heterocycles. The number of amides is 1. The number of thiazole rings is 1. The van der Waals surface area contributed by atoms with Gasteiger partial charge in [0.05, 0.1) is 21.8 Å². The average Bonchev–Trinajstić information content (AvgIpc) is 2.92. The molecule has 5 heteroatoms. The van der Waals surface area contributed by atoms with Crippen LogP contribution in [0.4, 0.5) is 5.69 Å². The molecule has 1 amide bonds. The zero-order chi connectivity index (χ0) is 16.2. The second kappa shape index (κ2) is 6.89. The van der Waals surface area contributed by atoms with Crippen molar-refractivity contribution in [1.82, 2.24) is 4.98 Å². The Hall–Kier alpha value is -2.24. The van der Waals surface area contributed by atoms with Crippen LogP contribution in [0.1, 0.15) is 27.9 Å². The van der Waals surface area contributed by atoms with Gasteiger partial charge < -0.3 is 10.1 Å². The molecule has 0 unspecified atom stereocenters. The number of fused-ring (bicyclic) bond motifs is 1. The summed E-state index contributed by atoms with van der Waals surface area (Å²) in [6, 6.07) is 13.3. The third-order valence-corrected chi connectivity index (χ3v) is 4.39. The van der Waals surface area contributed by atoms with Crippen molar-refractivity contribution in [1.29, 1.82) is 0 Å². The first-order valence-corrected chi connectivity index (χ1v) is 8.32. The number of carbonyl (C=O) groups excluding carboxylic acids is 1. The van der Waals surface area contributed by atoms with Crippen molar-refractivity contribution in [2.45, 2.75) is 20.5 Å². The van der Waals surface area contributed by atoms with E-state index in [1.165, 1.54) is 0 Å². The molecule has 2 aromatic carbocycles. The Balaban J connectivity index is 1.71. The van der Waals surface area contributed by atoms with Gasteiger partial charge in [-0.25, -0.2) is 4.98 Å². The number of hydrogen-bond donors (Lipinski definition) is 1. The number of hydrogen-bond acceptors (Lipinski definition) is 4. The lowest BCUT2D eigenvalue weighted by Crippen LogP contribution is -2.11. The van der Waals surface area contributed by atoms with E-state index in [-0.39, 0.29) is 5.91 Å². The molecule has 0 atom stereocenters. The standard InChI is InChI=1S/C18H18N2O2S/c1-3-22-11-13-4-6-14(7-5-13)18(21)20-15-8-9-17-16(10-15)19-12(2)23-17/h4-10H,3,11H2,1-2H3,(H,20,21). The first-order chi connectivity index (χ1) is 11.2. The van der Waals surface area contributed by atoms with Crippen LogP contribution in [0.5, 0.6) is 0 Å². The van der Waals surface area contributed by atoms with Crippen LogP contribution in [0.2, 0.25) is 0 Å². The summed E-state index contributed by atoms with van der Waals surface area (Å²) in [5, 5.41) is 3.94. The predicted octanol–water partition coefficient (Wildman–Crippen LogP) is 4.39. The van der Waals surface area contributed by atoms with E-state index >= 15 is 0 Å². The maximum absolute atomic E-state index is 12.3. The van der Waals surface area contributed by atoms with Gasteiger partial charge in [-0.3, -0.25) is 4.79 Å². The Morgan fingerprint density at radius 2 is 2.00 bits per heavy atom. The lowest BCUT2D eigenvalue weighted by Gasteiger charge is -2.06. The van der Waals surface area contributed by atoms with Crippen LogP contribution in [-0.4, -0.2) is 17.5 Å². The van der Waals surface area contributed by atoms with E-state index in [1.54, 1.807) is 11.3 Å². The second-order valence-corrected chi connectivity index (χ2v) is 6.44. The summed E-state index contributed by atoms with van der Waals surface area (Å²) in [5.74, 6) is -0.126. The molecule has 0 aliphatic carbocycles. The van der Waals surface area contributed by atoms with E-state index in [4.69, 9.17) is 4.74 Å². The molecular weight excluding hydrogens is 308 g/mol. The Labute approximate surface area is 139 Å². The number of carbonyl (C=O) groups is 1. The normalized spacial score (nSPS) is 10.9. The summed E-state index contributed by atoms with van der Waals surface area (Å²) in [6.45, 7) is 5.19. The summed E-state index contributed by atoms with van der Waals surface area (Å²) in [6.07, 6.45) is 0. The Bertz CT molecular complexity index is 825. The first-order valence-electron chi connectivity index (χ1n) is 7.51. The van der Waals surface area contributed by atoms with Crippen LogP contribution < -0.4 is 5.32 Å². The predicted molar refractivity (Wildman–Crippen MR) is 94.1 cm³/mol. The monoisotopic (exact) mass is 326 g/mol. The summed E-state index contributed by atoms with van der Waals surface area (Å²) in [7, 11) is 0. The molecule has 3 rings (SSSR count). The molecule has 1 N–H and O–H groups in total. The SMILES string of the molecule is CCOCc1ccc(C(=O)Nc2ccc3sc(C)nc3c2)cc1. The molecule has 1 aromatic heterocycles. The van der Waals surface area contributed by atoms with E-state index in [0.717, 1.165) is 26.5 Å². The van der Waals surface area contributed by atoms with Gasteiger partial charge in [-0.2, -0.15) is 0 Å². The van der Waals surface area contributed by atoms with E-state index in [2.05, 4.69) is 10.3 Å². The van der Waals surface area contributed by atoms with Crippen LogP contribution in [0.25, 0.3) is 10.2 Å². The number of aromatic nitrogens is 1. The highest BCUT2D eigenvalue weighted by atomic mass is 32.1. The van der Waals surface area contributed by atoms with Crippen molar-refractivity contribution < 1.29 is 9.53 Å². The molecule has 1 heterocycles. The van der Waals surface area contributed by atoms with Gasteiger partial charge in [0.25, 0.3) is 5.91 Å². The highest BCUT2D eigenvalue weighted by Crippen LogP contribution is 2.24. The van der Waals surface area contributed by atoms with Crippen molar-refractivity contribution in [3.05, 3.63) is 58.6 Å². The molecule has 0 aliphatic rings. The van der Waals surface area contributed by atoms with Crippen molar-refractivity contribution in [2.24, 2.45) is 0 Å². The van der Waals surface area contributed by atoms with Crippen molar-refractivity contribution >= 4 is 33.1 Å². The van der Waals surface area contributed by atoms with Crippen molar-refractivity contribution in [3.8, 4) is 0 Å². The maximum atomic E-state index is 12.3. The number of nitrogens with zero attached hydrogens (tertiary/aromatic N) is 1. The van der Waals surface area contributed by atoms with Crippen LogP contribution >= 0.6 is 11.3 Å². The Kier molecular flexibility index (Phi) is 4.69. The lowest BCUT2D eigenvalue weighted by molar-refractivity contribution is 0.102. The van der Waals surface area contributed by atoms with Gasteiger partial charge in [0, 0.05) is 17.9 Å². The van der Waals surface area contributed by atoms with Gasteiger partial charge in [0.1, 0.15) is 0 Å². The van der Waals surface area contributed by atoms with Crippen LogP contribution in [-0.2, 0) is 11.3 Å². The zero-order valence-corrected chi connectivity index (χ0v) is 13.9. The first kappa shape index (κ1) is 15.6. The average molecular weight is 326 g/mol. The molecule has 0 saturated carbocycles. The van der Waals surface area contributed by atoms with Gasteiger partial charge in [-0.05, 0) is 49.7 Å². The fraction of sp³-hybridized carbons (Fsp3) is 0.222. The third-order valence-electron chi connectivity index (χ3n) is 3.44. The molecule has 4 nitrogen and oxygen atoms in total. The number of nitrogens with one attached hydrogen (secondary N) is 1. The van der Waals surface area contributed by atoms with Crippen molar-refractivity contribution in [2.75, 3.05) is 11.9 Å². The third kappa shape index (κ3) is 3.75. The molecular formula is C18H18N2O2S. The zero-order valence-electron chi connectivity index (χ0n) is 13.1. The highest BCUT2D eigenvalue weighted by molar-refractivity contribution is 7.18. The van der Waals surface area contributed by atoms with Gasteiger partial charge in [-0.15, -0.1) is 11.3 Å². The number of benzene rings is 2. The molecule has 0 bridgehead atoms. The van der Waals surface area contributed by atoms with Gasteiger partial charge in [0.2, 0.25) is 0 Å². The quantitative estimate of drug-likeness (QED) is 0.756. The molecule has 0 spiro atoms. The molecule has 3 aromatic rings. The van der Waals surface area contributed by atoms with Crippen molar-refractivity contribution in [3.63, 3.8) is 0 Å². The highest BCUT2D eigenvalue weighted by Gasteiger charge is 2.08. The van der Waals surface area contributed by atoms with Crippen LogP contribution in [0, 0.1) is 6.92 Å². The minimum Gasteiger partial charge on any atom is -0.377 e. The lowest BCUT2D eigenvalue weighted by atomic mass is 10.1. The summed E-state index contributed by atoms with van der Waals surface area (Å²) in [5.41, 5.74) is 3.35. The number of aryl methyl sites for hydroxylation is 1. The summed E-state index contributed by atoms with van der Waals surface area (Å²) < 4.78 is 6.48. The Morgan fingerprint density at radius 3 is 2.74 bits per heavy atom. The van der Waals surface area contributed by atoms with E-state index in [1.807, 2.05) is 56.3 Å². The second-order valence-electron chi connectivity index (χ2n) is 5.20. The number of ether oxygens (including phenoxy) is 1. The topological polar surface area (TPSA) is 51.2 Å². The van der Waals surface area contributed by atoms with Crippen LogP contribution in [0.3, 0.4) is 0 Å². The van der Waals surface area contributed by atoms with Gasteiger partial charge in [-0.1, -0.05) is 12.1 Å². The minimum atomic E-state index is -0.126. The van der Waals surface area contributed by atoms with Gasteiger partial charge in [0.15, 0.2) is 0 Å². The maximum Gasteiger partial charge on any atom is 0.255 e. The smallest absolute Gasteiger partial charge is 0.255 e. The van der Waals surface area contributed by atoms with E-state index in [0.29, 0.717) is 18.8 Å². The fourth-order valence-electron chi connectivity index (χ4n) is 2.30. The van der Waals surface area contributed by atoms with Crippen LogP contribution in [0.15, 0.2) is 42.5 Å². The Morgan fingerprint density at radius 1 is 1.22 bits per heavy atom. The molecule has 118 valence electrons. The summed E-state index contributed by atoms with van der Waals surface area (Å²) in [4.78, 5) is 16.8. The molecule has 0 radical (unpaired) electrons. The summed E-state index contributed by atoms with van der Waals surface area (Å²) >= 11 is 1.65. The molecule has 0 aliphatic heterocycles. The van der Waals surface area contributed by atoms with E-state index < -0.39 is 0 Å².